The molecular weight excluding hydrogens is 349 g/mol. The lowest BCUT2D eigenvalue weighted by molar-refractivity contribution is -0.137. The maximum atomic E-state index is 13.0. The lowest BCUT2D eigenvalue weighted by Gasteiger charge is -2.20. The molecule has 1 unspecified atom stereocenters. The molecule has 2 aromatic carbocycles. The number of benzene rings is 2. The minimum Gasteiger partial charge on any atom is -0.358 e. The van der Waals surface area contributed by atoms with Gasteiger partial charge in [-0.1, -0.05) is 18.2 Å². The Kier molecular flexibility index (Phi) is 4.72. The van der Waals surface area contributed by atoms with Crippen molar-refractivity contribution < 1.29 is 13.2 Å². The summed E-state index contributed by atoms with van der Waals surface area (Å²) >= 11 is 0. The summed E-state index contributed by atoms with van der Waals surface area (Å²) in [5.74, 6) is 0. The van der Waals surface area contributed by atoms with Crippen LogP contribution in [0.15, 0.2) is 48.5 Å². The molecule has 1 aliphatic heterocycles. The van der Waals surface area contributed by atoms with Crippen LogP contribution < -0.4 is 0 Å². The number of alkyl halides is 3. The molecule has 1 fully saturated rings. The highest BCUT2D eigenvalue weighted by molar-refractivity contribution is 5.86. The van der Waals surface area contributed by atoms with E-state index in [-0.39, 0.29) is 0 Å². The summed E-state index contributed by atoms with van der Waals surface area (Å²) < 4.78 is 38.9. The lowest BCUT2D eigenvalue weighted by Crippen LogP contribution is -2.29. The standard InChI is InChI=1S/C22H23F3N2/c1-15-4-3-10-27(15)11-9-20-14-18-12-17(7-8-21(18)26-20)16-5-2-6-19(13-16)22(23,24)25/h2,5-8,12-15,26H,3-4,9-11H2,1H3. The van der Waals surface area contributed by atoms with E-state index in [1.54, 1.807) is 6.07 Å². The molecule has 1 aliphatic rings. The smallest absolute Gasteiger partial charge is 0.358 e. The largest absolute Gasteiger partial charge is 0.416 e. The monoisotopic (exact) mass is 372 g/mol. The fraction of sp³-hybridized carbons (Fsp3) is 0.364. The van der Waals surface area contributed by atoms with Gasteiger partial charge in [-0.15, -0.1) is 0 Å². The summed E-state index contributed by atoms with van der Waals surface area (Å²) in [5.41, 5.74) is 2.96. The van der Waals surface area contributed by atoms with Gasteiger partial charge in [0.05, 0.1) is 5.56 Å². The number of rotatable bonds is 4. The number of fused-ring (bicyclic) bond motifs is 1. The molecular formula is C22H23F3N2. The Morgan fingerprint density at radius 1 is 1.07 bits per heavy atom. The van der Waals surface area contributed by atoms with Crippen LogP contribution in [0.2, 0.25) is 0 Å². The lowest BCUT2D eigenvalue weighted by atomic mass is 10.0. The van der Waals surface area contributed by atoms with Crippen molar-refractivity contribution in [2.24, 2.45) is 0 Å². The molecule has 0 amide bonds. The molecule has 5 heteroatoms. The number of likely N-dealkylation sites (tertiary alicyclic amines) is 1. The van der Waals surface area contributed by atoms with Crippen LogP contribution in [0.3, 0.4) is 0 Å². The molecule has 0 spiro atoms. The predicted molar refractivity (Wildman–Crippen MR) is 103 cm³/mol. The minimum absolute atomic E-state index is 0.584. The number of hydrogen-bond acceptors (Lipinski definition) is 1. The Balaban J connectivity index is 1.56. The van der Waals surface area contributed by atoms with E-state index in [4.69, 9.17) is 0 Å². The first-order valence-electron chi connectivity index (χ1n) is 9.43. The number of halogens is 3. The summed E-state index contributed by atoms with van der Waals surface area (Å²) in [6, 6.07) is 14.1. The van der Waals surface area contributed by atoms with E-state index in [2.05, 4.69) is 22.9 Å². The molecule has 0 aliphatic carbocycles. The zero-order valence-corrected chi connectivity index (χ0v) is 15.3. The average Bonchev–Trinajstić information content (AvgIpc) is 3.24. The Bertz CT molecular complexity index is 942. The highest BCUT2D eigenvalue weighted by atomic mass is 19.4. The summed E-state index contributed by atoms with van der Waals surface area (Å²) in [7, 11) is 0. The molecule has 1 saturated heterocycles. The van der Waals surface area contributed by atoms with Gasteiger partial charge >= 0.3 is 6.18 Å². The van der Waals surface area contributed by atoms with E-state index < -0.39 is 11.7 Å². The van der Waals surface area contributed by atoms with Crippen molar-refractivity contribution in [2.75, 3.05) is 13.1 Å². The zero-order valence-electron chi connectivity index (χ0n) is 15.3. The molecule has 27 heavy (non-hydrogen) atoms. The fourth-order valence-electron chi connectivity index (χ4n) is 3.97. The summed E-state index contributed by atoms with van der Waals surface area (Å²) in [5, 5.41) is 1.04. The second-order valence-electron chi connectivity index (χ2n) is 7.45. The van der Waals surface area contributed by atoms with Crippen molar-refractivity contribution in [3.8, 4) is 11.1 Å². The quantitative estimate of drug-likeness (QED) is 0.606. The van der Waals surface area contributed by atoms with Crippen LogP contribution >= 0.6 is 0 Å². The molecule has 0 radical (unpaired) electrons. The van der Waals surface area contributed by atoms with E-state index in [0.717, 1.165) is 35.5 Å². The van der Waals surface area contributed by atoms with Crippen molar-refractivity contribution in [1.29, 1.82) is 0 Å². The molecule has 2 heterocycles. The van der Waals surface area contributed by atoms with Crippen molar-refractivity contribution >= 4 is 10.9 Å². The topological polar surface area (TPSA) is 19.0 Å². The predicted octanol–water partition coefficient (Wildman–Crippen LogP) is 5.88. The molecule has 2 nitrogen and oxygen atoms in total. The van der Waals surface area contributed by atoms with Crippen LogP contribution in [0.4, 0.5) is 13.2 Å². The number of aromatic amines is 1. The van der Waals surface area contributed by atoms with Gasteiger partial charge in [0.15, 0.2) is 0 Å². The Labute approximate surface area is 157 Å². The molecule has 1 atom stereocenters. The van der Waals surface area contributed by atoms with Gasteiger partial charge < -0.3 is 9.88 Å². The van der Waals surface area contributed by atoms with Gasteiger partial charge in [-0.2, -0.15) is 13.2 Å². The normalized spacial score (nSPS) is 18.4. The third kappa shape index (κ3) is 3.88. The molecule has 4 rings (SSSR count). The van der Waals surface area contributed by atoms with Gasteiger partial charge in [0.25, 0.3) is 0 Å². The first-order chi connectivity index (χ1) is 12.9. The van der Waals surface area contributed by atoms with Gasteiger partial charge in [0, 0.05) is 35.6 Å². The van der Waals surface area contributed by atoms with Crippen molar-refractivity contribution in [3.05, 3.63) is 59.8 Å². The van der Waals surface area contributed by atoms with Crippen LogP contribution in [0.5, 0.6) is 0 Å². The first kappa shape index (κ1) is 18.1. The SMILES string of the molecule is CC1CCCN1CCc1cc2cc(-c3cccc(C(F)(F)F)c3)ccc2[nH]1. The molecule has 3 aromatic rings. The van der Waals surface area contributed by atoms with E-state index in [0.29, 0.717) is 11.6 Å². The highest BCUT2D eigenvalue weighted by Gasteiger charge is 2.30. The molecule has 0 saturated carbocycles. The van der Waals surface area contributed by atoms with Crippen LogP contribution in [-0.4, -0.2) is 29.0 Å². The molecule has 1 aromatic heterocycles. The van der Waals surface area contributed by atoms with Gasteiger partial charge in [-0.3, -0.25) is 0 Å². The van der Waals surface area contributed by atoms with Gasteiger partial charge in [-0.25, -0.2) is 0 Å². The van der Waals surface area contributed by atoms with Crippen LogP contribution in [0.1, 0.15) is 31.0 Å². The molecule has 0 bridgehead atoms. The van der Waals surface area contributed by atoms with Crippen molar-refractivity contribution in [3.63, 3.8) is 0 Å². The molecule has 142 valence electrons. The number of H-pyrrole nitrogens is 1. The Hall–Kier alpha value is -2.27. The number of aromatic nitrogens is 1. The van der Waals surface area contributed by atoms with Gasteiger partial charge in [0.1, 0.15) is 0 Å². The average molecular weight is 372 g/mol. The fourth-order valence-corrected chi connectivity index (χ4v) is 3.97. The highest BCUT2D eigenvalue weighted by Crippen LogP contribution is 2.33. The van der Waals surface area contributed by atoms with Crippen LogP contribution in [0, 0.1) is 0 Å². The molecule has 1 N–H and O–H groups in total. The van der Waals surface area contributed by atoms with E-state index in [1.165, 1.54) is 37.2 Å². The van der Waals surface area contributed by atoms with Crippen LogP contribution in [-0.2, 0) is 12.6 Å². The minimum atomic E-state index is -4.33. The zero-order chi connectivity index (χ0) is 19.0. The van der Waals surface area contributed by atoms with Crippen molar-refractivity contribution in [1.82, 2.24) is 9.88 Å². The summed E-state index contributed by atoms with van der Waals surface area (Å²) in [6.45, 7) is 4.48. The summed E-state index contributed by atoms with van der Waals surface area (Å²) in [4.78, 5) is 5.96. The van der Waals surface area contributed by atoms with E-state index >= 15 is 0 Å². The maximum absolute atomic E-state index is 13.0. The van der Waals surface area contributed by atoms with Gasteiger partial charge in [-0.05, 0) is 67.8 Å². The Morgan fingerprint density at radius 3 is 2.63 bits per heavy atom. The van der Waals surface area contributed by atoms with E-state index in [1.807, 2.05) is 18.2 Å². The number of nitrogens with one attached hydrogen (secondary N) is 1. The second kappa shape index (κ2) is 7.04. The maximum Gasteiger partial charge on any atom is 0.416 e. The third-order valence-electron chi connectivity index (χ3n) is 5.56. The van der Waals surface area contributed by atoms with Gasteiger partial charge in [0.2, 0.25) is 0 Å². The number of hydrogen-bond donors (Lipinski definition) is 1. The van der Waals surface area contributed by atoms with Crippen molar-refractivity contribution in [2.45, 2.75) is 38.4 Å². The third-order valence-corrected chi connectivity index (χ3v) is 5.56. The van der Waals surface area contributed by atoms with E-state index in [9.17, 15) is 13.2 Å². The first-order valence-corrected chi connectivity index (χ1v) is 9.43. The second-order valence-corrected chi connectivity index (χ2v) is 7.45. The Morgan fingerprint density at radius 2 is 1.89 bits per heavy atom. The number of nitrogens with zero attached hydrogens (tertiary/aromatic N) is 1. The van der Waals surface area contributed by atoms with Crippen LogP contribution in [0.25, 0.3) is 22.0 Å². The summed E-state index contributed by atoms with van der Waals surface area (Å²) in [6.07, 6.45) is -0.826.